The first-order chi connectivity index (χ1) is 9.72. The maximum atomic E-state index is 11.9. The molecule has 0 aliphatic heterocycles. The molecule has 0 heterocycles. The summed E-state index contributed by atoms with van der Waals surface area (Å²) in [7, 11) is 0. The molecule has 0 bridgehead atoms. The van der Waals surface area contributed by atoms with Gasteiger partial charge in [0, 0.05) is 18.9 Å². The Morgan fingerprint density at radius 2 is 2.06 bits per heavy atom. The first-order valence-corrected chi connectivity index (χ1v) is 5.22. The number of carbonyl (C=O) groups is 1. The zero-order valence-corrected chi connectivity index (χ0v) is 9.07. The number of nitrogens with one attached hydrogen (secondary N) is 1. The van der Waals surface area contributed by atoms with Crippen molar-refractivity contribution in [3.05, 3.63) is 35.9 Å². The van der Waals surface area contributed by atoms with E-state index in [0.717, 1.165) is 0 Å². The van der Waals surface area contributed by atoms with Gasteiger partial charge >= 0.3 is 0 Å². The van der Waals surface area contributed by atoms with E-state index in [1.54, 1.807) is 18.2 Å². The average molecular weight is 225 g/mol. The second-order valence-corrected chi connectivity index (χ2v) is 3.22. The van der Waals surface area contributed by atoms with Crippen molar-refractivity contribution in [2.45, 2.75) is 25.6 Å². The lowest BCUT2D eigenvalue weighted by Crippen LogP contribution is -2.24. The monoisotopic (exact) mass is 225 g/mol. The van der Waals surface area contributed by atoms with Gasteiger partial charge in [0.05, 0.1) is 0 Å². The van der Waals surface area contributed by atoms with Gasteiger partial charge in [0.15, 0.2) is 0 Å². The summed E-state index contributed by atoms with van der Waals surface area (Å²) in [6.07, 6.45) is -3.28. The van der Waals surface area contributed by atoms with Gasteiger partial charge in [-0.3, -0.25) is 4.79 Å². The Labute approximate surface area is 104 Å². The predicted molar refractivity (Wildman–Crippen MR) is 66.3 cm³/mol. The maximum absolute atomic E-state index is 11.9. The first kappa shape index (κ1) is 7.07. The van der Waals surface area contributed by atoms with Crippen LogP contribution in [0.25, 0.3) is 0 Å². The minimum Gasteiger partial charge on any atom is -0.352 e. The molecule has 1 amide bonds. The van der Waals surface area contributed by atoms with Crippen molar-refractivity contribution in [2.75, 3.05) is 13.0 Å². The Morgan fingerprint density at radius 1 is 1.31 bits per heavy atom. The number of rotatable bonds is 7. The zero-order chi connectivity index (χ0) is 16.1. The van der Waals surface area contributed by atoms with Crippen molar-refractivity contribution >= 4 is 5.91 Å². The average Bonchev–Trinajstić information content (AvgIpc) is 2.44. The van der Waals surface area contributed by atoms with Crippen LogP contribution in [0.5, 0.6) is 0 Å². The smallest absolute Gasteiger partial charge is 0.251 e. The molecule has 0 spiro atoms. The van der Waals surface area contributed by atoms with Crippen LogP contribution in [-0.4, -0.2) is 18.9 Å². The van der Waals surface area contributed by atoms with Gasteiger partial charge in [-0.25, -0.2) is 0 Å². The molecule has 1 rings (SSSR count). The number of amides is 1. The third kappa shape index (κ3) is 4.94. The molecular weight excluding hydrogens is 200 g/mol. The molecule has 0 aliphatic rings. The van der Waals surface area contributed by atoms with Gasteiger partial charge in [-0.05, 0) is 31.5 Å². The topological polar surface area (TPSA) is 55.1 Å². The quantitative estimate of drug-likeness (QED) is 0.745. The number of hydrogen-bond donors (Lipinski definition) is 2. The number of nitrogens with two attached hydrogens (primary N) is 1. The molecule has 1 aromatic carbocycles. The Morgan fingerprint density at radius 3 is 2.75 bits per heavy atom. The number of carbonyl (C=O) groups excluding carboxylic acids is 1. The lowest BCUT2D eigenvalue weighted by molar-refractivity contribution is 0.0953. The summed E-state index contributed by atoms with van der Waals surface area (Å²) in [6.45, 7) is -2.34. The van der Waals surface area contributed by atoms with Gasteiger partial charge in [0.2, 0.25) is 0 Å². The fourth-order valence-electron chi connectivity index (χ4n) is 1.10. The van der Waals surface area contributed by atoms with Crippen LogP contribution >= 0.6 is 0 Å². The molecule has 0 radical (unpaired) electrons. The highest BCUT2D eigenvalue weighted by Gasteiger charge is 2.02. The molecule has 3 nitrogen and oxygen atoms in total. The van der Waals surface area contributed by atoms with Crippen LogP contribution in [0, 0.1) is 0 Å². The molecule has 88 valence electrons. The van der Waals surface area contributed by atoms with Crippen LogP contribution in [0.3, 0.4) is 0 Å². The van der Waals surface area contributed by atoms with Crippen LogP contribution in [-0.2, 0) is 0 Å². The summed E-state index contributed by atoms with van der Waals surface area (Å²) in [5, 5.41) is 2.04. The number of benzene rings is 1. The largest absolute Gasteiger partial charge is 0.352 e. The normalized spacial score (nSPS) is 18.4. The van der Waals surface area contributed by atoms with Gasteiger partial charge in [-0.15, -0.1) is 0 Å². The summed E-state index contributed by atoms with van der Waals surface area (Å²) in [6, 6.07) is 8.00. The van der Waals surface area contributed by atoms with E-state index < -0.39 is 25.2 Å². The molecule has 16 heavy (non-hydrogen) atoms. The highest BCUT2D eigenvalue weighted by molar-refractivity contribution is 5.94. The minimum absolute atomic E-state index is 0.129. The van der Waals surface area contributed by atoms with Crippen molar-refractivity contribution in [3.8, 4) is 0 Å². The predicted octanol–water partition coefficient (Wildman–Crippen LogP) is 1.94. The van der Waals surface area contributed by atoms with E-state index in [4.69, 9.17) is 12.6 Å². The van der Waals surface area contributed by atoms with E-state index >= 15 is 0 Å². The summed E-state index contributed by atoms with van der Waals surface area (Å²) in [5.41, 5.74) is 5.55. The summed E-state index contributed by atoms with van der Waals surface area (Å²) in [4.78, 5) is 11.9. The van der Waals surface area contributed by atoms with Crippen molar-refractivity contribution < 1.29 is 11.6 Å². The second-order valence-electron chi connectivity index (χ2n) is 3.22. The van der Waals surface area contributed by atoms with Gasteiger partial charge in [-0.1, -0.05) is 31.0 Å². The molecule has 0 saturated heterocycles. The van der Waals surface area contributed by atoms with E-state index in [1.165, 1.54) is 12.1 Å². The Balaban J connectivity index is 2.81. The molecule has 0 saturated carbocycles. The fourth-order valence-corrected chi connectivity index (χ4v) is 1.10. The second kappa shape index (κ2) is 7.88. The van der Waals surface area contributed by atoms with Crippen LogP contribution in [0.15, 0.2) is 30.3 Å². The molecular formula is C13H20N2O. The van der Waals surface area contributed by atoms with Crippen LogP contribution < -0.4 is 11.1 Å². The standard InChI is InChI=1S/C13H20N2O/c14-10-6-1-2-7-11-15-13(16)12-8-4-3-5-9-12/h3-5,8-9H,1-2,6-7,10-11,14H2,(H,15,16)/i2D,7D2,11D2. The highest BCUT2D eigenvalue weighted by Crippen LogP contribution is 2.00. The highest BCUT2D eigenvalue weighted by atomic mass is 16.1. The first-order valence-electron chi connectivity index (χ1n) is 7.80. The van der Waals surface area contributed by atoms with Crippen LogP contribution in [0.4, 0.5) is 0 Å². The molecule has 1 unspecified atom stereocenters. The third-order valence-corrected chi connectivity index (χ3v) is 1.94. The van der Waals surface area contributed by atoms with Gasteiger partial charge in [0.1, 0.15) is 0 Å². The Kier molecular flexibility index (Phi) is 3.48. The SMILES string of the molecule is [2H]C(CCCN)C([2H])([2H])C([2H])([2H])NC(=O)c1ccccc1. The lowest BCUT2D eigenvalue weighted by atomic mass is 10.2. The molecule has 3 heteroatoms. The molecule has 0 fully saturated rings. The summed E-state index contributed by atoms with van der Waals surface area (Å²) < 4.78 is 39.0. The van der Waals surface area contributed by atoms with Gasteiger partial charge in [-0.2, -0.15) is 0 Å². The molecule has 0 aliphatic carbocycles. The van der Waals surface area contributed by atoms with E-state index in [2.05, 4.69) is 0 Å². The Hall–Kier alpha value is -1.35. The number of hydrogen-bond acceptors (Lipinski definition) is 2. The lowest BCUT2D eigenvalue weighted by Gasteiger charge is -2.04. The van der Waals surface area contributed by atoms with E-state index in [9.17, 15) is 4.79 Å². The summed E-state index contributed by atoms with van der Waals surface area (Å²) in [5.74, 6) is -0.713. The third-order valence-electron chi connectivity index (χ3n) is 1.94. The van der Waals surface area contributed by atoms with Crippen molar-refractivity contribution in [1.29, 1.82) is 0 Å². The summed E-state index contributed by atoms with van der Waals surface area (Å²) >= 11 is 0. The molecule has 0 aromatic heterocycles. The van der Waals surface area contributed by atoms with E-state index in [-0.39, 0.29) is 12.0 Å². The molecule has 1 atom stereocenters. The van der Waals surface area contributed by atoms with Crippen LogP contribution in [0.1, 0.15) is 42.8 Å². The van der Waals surface area contributed by atoms with Crippen LogP contribution in [0.2, 0.25) is 0 Å². The van der Waals surface area contributed by atoms with Crippen molar-refractivity contribution in [1.82, 2.24) is 5.32 Å². The molecule has 1 aromatic rings. The van der Waals surface area contributed by atoms with Gasteiger partial charge in [0.25, 0.3) is 5.91 Å². The Bertz CT molecular complexity index is 467. The maximum Gasteiger partial charge on any atom is 0.251 e. The van der Waals surface area contributed by atoms with E-state index in [0.29, 0.717) is 13.0 Å². The van der Waals surface area contributed by atoms with Gasteiger partial charge < -0.3 is 11.1 Å². The zero-order valence-electron chi connectivity index (χ0n) is 14.1. The fraction of sp³-hybridized carbons (Fsp3) is 0.462. The van der Waals surface area contributed by atoms with Crippen molar-refractivity contribution in [3.63, 3.8) is 0 Å². The molecule has 3 N–H and O–H groups in total. The van der Waals surface area contributed by atoms with E-state index in [1.807, 2.05) is 5.32 Å². The minimum atomic E-state index is -2.65. The van der Waals surface area contributed by atoms with Crippen molar-refractivity contribution in [2.24, 2.45) is 5.73 Å².